The molecule has 0 N–H and O–H groups in total. The molecule has 0 atom stereocenters. The molecule has 0 amide bonds. The SMILES string of the molecule is C=Cc1ccnc(-c2ccc3c(ccc4ccccc43)c2)c1. The fourth-order valence-electron chi connectivity index (χ4n) is 2.90. The Kier molecular flexibility index (Phi) is 2.97. The summed E-state index contributed by atoms with van der Waals surface area (Å²) >= 11 is 0. The second-order valence-corrected chi connectivity index (χ2v) is 5.40. The molecule has 0 saturated carbocycles. The van der Waals surface area contributed by atoms with Crippen molar-refractivity contribution >= 4 is 27.6 Å². The van der Waals surface area contributed by atoms with E-state index in [1.807, 2.05) is 18.3 Å². The zero-order chi connectivity index (χ0) is 14.9. The Morgan fingerprint density at radius 2 is 1.59 bits per heavy atom. The van der Waals surface area contributed by atoms with Crippen LogP contribution >= 0.6 is 0 Å². The Bertz CT molecular complexity index is 999. The van der Waals surface area contributed by atoms with Gasteiger partial charge in [-0.1, -0.05) is 61.2 Å². The summed E-state index contributed by atoms with van der Waals surface area (Å²) < 4.78 is 0. The van der Waals surface area contributed by atoms with Crippen molar-refractivity contribution in [3.8, 4) is 11.3 Å². The molecule has 0 spiro atoms. The van der Waals surface area contributed by atoms with Gasteiger partial charge >= 0.3 is 0 Å². The molecule has 0 unspecified atom stereocenters. The lowest BCUT2D eigenvalue weighted by Gasteiger charge is -2.07. The molecule has 0 bridgehead atoms. The molecule has 0 saturated heterocycles. The van der Waals surface area contributed by atoms with Crippen molar-refractivity contribution in [2.75, 3.05) is 0 Å². The minimum atomic E-state index is 0.979. The first-order valence-corrected chi connectivity index (χ1v) is 7.35. The van der Waals surface area contributed by atoms with Gasteiger partial charge in [-0.2, -0.15) is 0 Å². The van der Waals surface area contributed by atoms with Crippen LogP contribution in [0.25, 0.3) is 38.9 Å². The van der Waals surface area contributed by atoms with Crippen molar-refractivity contribution in [2.45, 2.75) is 0 Å². The molecule has 0 aliphatic rings. The molecule has 1 aromatic heterocycles. The summed E-state index contributed by atoms with van der Waals surface area (Å²) in [6, 6.07) is 23.4. The van der Waals surface area contributed by atoms with Gasteiger partial charge < -0.3 is 0 Å². The standard InChI is InChI=1S/C21H15N/c1-2-15-11-12-22-21(13-15)18-9-10-20-17(14-18)8-7-16-5-3-4-6-19(16)20/h2-14H,1H2. The molecule has 104 valence electrons. The van der Waals surface area contributed by atoms with Crippen molar-refractivity contribution in [1.82, 2.24) is 4.98 Å². The highest BCUT2D eigenvalue weighted by Crippen LogP contribution is 2.29. The zero-order valence-electron chi connectivity index (χ0n) is 12.2. The topological polar surface area (TPSA) is 12.9 Å². The third kappa shape index (κ3) is 2.08. The van der Waals surface area contributed by atoms with Gasteiger partial charge in [-0.3, -0.25) is 4.98 Å². The van der Waals surface area contributed by atoms with Gasteiger partial charge in [0.05, 0.1) is 5.69 Å². The van der Waals surface area contributed by atoms with Crippen molar-refractivity contribution < 1.29 is 0 Å². The summed E-state index contributed by atoms with van der Waals surface area (Å²) in [6.45, 7) is 3.82. The third-order valence-corrected chi connectivity index (χ3v) is 4.06. The number of benzene rings is 3. The minimum Gasteiger partial charge on any atom is -0.256 e. The molecule has 4 rings (SSSR count). The number of hydrogen-bond acceptors (Lipinski definition) is 1. The van der Waals surface area contributed by atoms with Crippen LogP contribution in [0, 0.1) is 0 Å². The lowest BCUT2D eigenvalue weighted by molar-refractivity contribution is 1.32. The van der Waals surface area contributed by atoms with Crippen molar-refractivity contribution in [1.29, 1.82) is 0 Å². The predicted octanol–water partition coefficient (Wildman–Crippen LogP) is 5.70. The molecule has 22 heavy (non-hydrogen) atoms. The number of rotatable bonds is 2. The molecule has 4 aromatic rings. The normalized spacial score (nSPS) is 10.9. The van der Waals surface area contributed by atoms with Crippen LogP contribution in [-0.2, 0) is 0 Å². The fraction of sp³-hybridized carbons (Fsp3) is 0. The predicted molar refractivity (Wildman–Crippen MR) is 94.8 cm³/mol. The Labute approximate surface area is 129 Å². The molecule has 0 fully saturated rings. The fourth-order valence-corrected chi connectivity index (χ4v) is 2.90. The quantitative estimate of drug-likeness (QED) is 0.430. The van der Waals surface area contributed by atoms with Crippen LogP contribution < -0.4 is 0 Å². The maximum Gasteiger partial charge on any atom is 0.0708 e. The first-order chi connectivity index (χ1) is 10.8. The average Bonchev–Trinajstić information content (AvgIpc) is 2.61. The maximum atomic E-state index is 4.48. The molecule has 1 heteroatoms. The first kappa shape index (κ1) is 12.8. The van der Waals surface area contributed by atoms with E-state index in [0.29, 0.717) is 0 Å². The summed E-state index contributed by atoms with van der Waals surface area (Å²) in [4.78, 5) is 4.48. The molecule has 1 nitrogen and oxygen atoms in total. The van der Waals surface area contributed by atoms with E-state index in [2.05, 4.69) is 72.2 Å². The summed E-state index contributed by atoms with van der Waals surface area (Å²) in [6.07, 6.45) is 3.68. The summed E-state index contributed by atoms with van der Waals surface area (Å²) in [5.74, 6) is 0. The highest BCUT2D eigenvalue weighted by molar-refractivity contribution is 6.08. The Morgan fingerprint density at radius 3 is 2.50 bits per heavy atom. The lowest BCUT2D eigenvalue weighted by Crippen LogP contribution is -1.85. The van der Waals surface area contributed by atoms with Gasteiger partial charge in [0.1, 0.15) is 0 Å². The van der Waals surface area contributed by atoms with Crippen LogP contribution in [-0.4, -0.2) is 4.98 Å². The van der Waals surface area contributed by atoms with Crippen LogP contribution in [0.2, 0.25) is 0 Å². The molecular weight excluding hydrogens is 266 g/mol. The third-order valence-electron chi connectivity index (χ3n) is 4.06. The number of aromatic nitrogens is 1. The van der Waals surface area contributed by atoms with E-state index in [1.165, 1.54) is 21.5 Å². The molecule has 3 aromatic carbocycles. The van der Waals surface area contributed by atoms with Crippen LogP contribution in [0.5, 0.6) is 0 Å². The number of pyridine rings is 1. The number of nitrogens with zero attached hydrogens (tertiary/aromatic N) is 1. The van der Waals surface area contributed by atoms with E-state index in [0.717, 1.165) is 16.8 Å². The zero-order valence-corrected chi connectivity index (χ0v) is 12.2. The highest BCUT2D eigenvalue weighted by atomic mass is 14.7. The molecular formula is C21H15N. The van der Waals surface area contributed by atoms with E-state index < -0.39 is 0 Å². The lowest BCUT2D eigenvalue weighted by atomic mass is 9.99. The molecule has 0 radical (unpaired) electrons. The Hall–Kier alpha value is -2.93. The van der Waals surface area contributed by atoms with E-state index in [9.17, 15) is 0 Å². The van der Waals surface area contributed by atoms with E-state index in [1.54, 1.807) is 0 Å². The highest BCUT2D eigenvalue weighted by Gasteiger charge is 2.04. The number of fused-ring (bicyclic) bond motifs is 3. The number of hydrogen-bond donors (Lipinski definition) is 0. The van der Waals surface area contributed by atoms with Gasteiger partial charge in [-0.05, 0) is 45.3 Å². The van der Waals surface area contributed by atoms with Gasteiger partial charge in [0.15, 0.2) is 0 Å². The second kappa shape index (κ2) is 5.12. The monoisotopic (exact) mass is 281 g/mol. The largest absolute Gasteiger partial charge is 0.256 e. The Balaban J connectivity index is 1.94. The van der Waals surface area contributed by atoms with Gasteiger partial charge in [0.2, 0.25) is 0 Å². The van der Waals surface area contributed by atoms with Gasteiger partial charge in [0, 0.05) is 11.8 Å². The van der Waals surface area contributed by atoms with Gasteiger partial charge in [0.25, 0.3) is 0 Å². The van der Waals surface area contributed by atoms with Crippen LogP contribution in [0.1, 0.15) is 5.56 Å². The van der Waals surface area contributed by atoms with Crippen molar-refractivity contribution in [3.63, 3.8) is 0 Å². The van der Waals surface area contributed by atoms with Crippen molar-refractivity contribution in [2.24, 2.45) is 0 Å². The van der Waals surface area contributed by atoms with Gasteiger partial charge in [-0.25, -0.2) is 0 Å². The molecule has 1 heterocycles. The van der Waals surface area contributed by atoms with E-state index in [-0.39, 0.29) is 0 Å². The van der Waals surface area contributed by atoms with Crippen molar-refractivity contribution in [3.05, 3.63) is 85.1 Å². The first-order valence-electron chi connectivity index (χ1n) is 7.35. The summed E-state index contributed by atoms with van der Waals surface area (Å²) in [7, 11) is 0. The summed E-state index contributed by atoms with van der Waals surface area (Å²) in [5, 5.41) is 5.08. The van der Waals surface area contributed by atoms with Gasteiger partial charge in [-0.15, -0.1) is 0 Å². The van der Waals surface area contributed by atoms with Crippen LogP contribution in [0.15, 0.2) is 79.5 Å². The minimum absolute atomic E-state index is 0.979. The average molecular weight is 281 g/mol. The maximum absolute atomic E-state index is 4.48. The van der Waals surface area contributed by atoms with Crippen LogP contribution in [0.4, 0.5) is 0 Å². The second-order valence-electron chi connectivity index (χ2n) is 5.40. The Morgan fingerprint density at radius 1 is 0.773 bits per heavy atom. The van der Waals surface area contributed by atoms with E-state index in [4.69, 9.17) is 0 Å². The summed E-state index contributed by atoms with van der Waals surface area (Å²) in [5.41, 5.74) is 3.20. The van der Waals surface area contributed by atoms with Crippen LogP contribution in [0.3, 0.4) is 0 Å². The smallest absolute Gasteiger partial charge is 0.0708 e. The molecule has 0 aliphatic heterocycles. The van der Waals surface area contributed by atoms with E-state index >= 15 is 0 Å². The molecule has 0 aliphatic carbocycles.